The molecule has 0 spiro atoms. The van der Waals surface area contributed by atoms with Crippen molar-refractivity contribution in [1.82, 2.24) is 14.9 Å². The van der Waals surface area contributed by atoms with Crippen LogP contribution >= 0.6 is 11.3 Å². The maximum absolute atomic E-state index is 12.9. The summed E-state index contributed by atoms with van der Waals surface area (Å²) in [5.41, 5.74) is 1.08. The van der Waals surface area contributed by atoms with Gasteiger partial charge in [0.15, 0.2) is 0 Å². The molecule has 1 aliphatic rings. The molecule has 0 bridgehead atoms. The number of nitrogens with zero attached hydrogens (tertiary/aromatic N) is 2. The van der Waals surface area contributed by atoms with Gasteiger partial charge in [0.1, 0.15) is 5.82 Å². The van der Waals surface area contributed by atoms with Gasteiger partial charge in [0.25, 0.3) is 5.91 Å². The molecule has 0 aliphatic carbocycles. The molecule has 3 aromatic rings. The van der Waals surface area contributed by atoms with Crippen LogP contribution in [0.25, 0.3) is 10.1 Å². The number of benzene rings is 1. The second-order valence-corrected chi connectivity index (χ2v) is 7.27. The number of carbonyl (C=O) groups is 1. The van der Waals surface area contributed by atoms with E-state index in [1.807, 2.05) is 36.2 Å². The quantitative estimate of drug-likeness (QED) is 0.775. The molecule has 0 radical (unpaired) electrons. The molecule has 5 heteroatoms. The Balaban J connectivity index is 1.55. The Labute approximate surface area is 139 Å². The fourth-order valence-corrected chi connectivity index (χ4v) is 4.30. The predicted molar refractivity (Wildman–Crippen MR) is 93.0 cm³/mol. The molecule has 1 aliphatic heterocycles. The Morgan fingerprint density at radius 1 is 1.39 bits per heavy atom. The molecule has 0 saturated carbocycles. The highest BCUT2D eigenvalue weighted by Crippen LogP contribution is 2.30. The fraction of sp³-hybridized carbons (Fsp3) is 0.333. The summed E-state index contributed by atoms with van der Waals surface area (Å²) >= 11 is 1.59. The SMILES string of the molecule is Cc1cnc([C@@H]2CCCN(C(=O)c3cc4ccccc4s3)C2)[nH]1. The molecule has 1 N–H and O–H groups in total. The number of nitrogens with one attached hydrogen (secondary N) is 1. The number of carbonyl (C=O) groups excluding carboxylic acids is 1. The van der Waals surface area contributed by atoms with Crippen molar-refractivity contribution in [3.05, 3.63) is 52.9 Å². The Morgan fingerprint density at radius 2 is 2.26 bits per heavy atom. The normalized spacial score (nSPS) is 18.5. The maximum atomic E-state index is 12.9. The molecular weight excluding hydrogens is 306 g/mol. The van der Waals surface area contributed by atoms with E-state index in [0.29, 0.717) is 5.92 Å². The maximum Gasteiger partial charge on any atom is 0.263 e. The van der Waals surface area contributed by atoms with Crippen LogP contribution in [-0.2, 0) is 0 Å². The first-order valence-corrected chi connectivity index (χ1v) is 8.82. The van der Waals surface area contributed by atoms with Gasteiger partial charge in [-0.15, -0.1) is 11.3 Å². The first-order chi connectivity index (χ1) is 11.2. The number of hydrogen-bond donors (Lipinski definition) is 1. The molecule has 118 valence electrons. The minimum atomic E-state index is 0.152. The molecule has 1 aromatic carbocycles. The first kappa shape index (κ1) is 14.5. The Hall–Kier alpha value is -2.14. The van der Waals surface area contributed by atoms with Gasteiger partial charge in [0.2, 0.25) is 0 Å². The van der Waals surface area contributed by atoms with E-state index in [9.17, 15) is 4.79 Å². The Morgan fingerprint density at radius 3 is 3.04 bits per heavy atom. The minimum absolute atomic E-state index is 0.152. The van der Waals surface area contributed by atoms with Crippen LogP contribution < -0.4 is 0 Å². The number of aromatic amines is 1. The second-order valence-electron chi connectivity index (χ2n) is 6.19. The van der Waals surface area contributed by atoms with Crippen LogP contribution in [0.5, 0.6) is 0 Å². The third kappa shape index (κ3) is 2.77. The van der Waals surface area contributed by atoms with Gasteiger partial charge in [0, 0.05) is 35.6 Å². The monoisotopic (exact) mass is 325 g/mol. The number of thiophene rings is 1. The van der Waals surface area contributed by atoms with Gasteiger partial charge in [-0.25, -0.2) is 4.98 Å². The number of hydrogen-bond acceptors (Lipinski definition) is 3. The zero-order valence-electron chi connectivity index (χ0n) is 13.1. The summed E-state index contributed by atoms with van der Waals surface area (Å²) in [6.45, 7) is 3.60. The number of H-pyrrole nitrogens is 1. The van der Waals surface area contributed by atoms with E-state index in [1.165, 1.54) is 4.70 Å². The molecule has 4 nitrogen and oxygen atoms in total. The van der Waals surface area contributed by atoms with Crippen molar-refractivity contribution >= 4 is 27.3 Å². The van der Waals surface area contributed by atoms with Crippen molar-refractivity contribution in [1.29, 1.82) is 0 Å². The lowest BCUT2D eigenvalue weighted by atomic mass is 9.97. The average molecular weight is 325 g/mol. The van der Waals surface area contributed by atoms with Gasteiger partial charge in [-0.3, -0.25) is 4.79 Å². The van der Waals surface area contributed by atoms with Crippen LogP contribution in [0, 0.1) is 6.92 Å². The zero-order valence-corrected chi connectivity index (χ0v) is 13.9. The molecule has 2 aromatic heterocycles. The van der Waals surface area contributed by atoms with Crippen LogP contribution in [0.15, 0.2) is 36.5 Å². The van der Waals surface area contributed by atoms with Crippen LogP contribution in [0.2, 0.25) is 0 Å². The number of likely N-dealkylation sites (tertiary alicyclic amines) is 1. The molecule has 4 rings (SSSR count). The number of aromatic nitrogens is 2. The van der Waals surface area contributed by atoms with Crippen LogP contribution in [0.4, 0.5) is 0 Å². The highest BCUT2D eigenvalue weighted by atomic mass is 32.1. The van der Waals surface area contributed by atoms with Crippen molar-refractivity contribution in [3.8, 4) is 0 Å². The molecule has 1 atom stereocenters. The van der Waals surface area contributed by atoms with Gasteiger partial charge in [-0.05, 0) is 37.3 Å². The molecule has 1 amide bonds. The van der Waals surface area contributed by atoms with E-state index in [4.69, 9.17) is 0 Å². The number of piperidine rings is 1. The topological polar surface area (TPSA) is 49.0 Å². The number of imidazole rings is 1. The van der Waals surface area contributed by atoms with Crippen LogP contribution in [0.1, 0.15) is 39.9 Å². The first-order valence-electron chi connectivity index (χ1n) is 8.00. The lowest BCUT2D eigenvalue weighted by Crippen LogP contribution is -2.39. The second kappa shape index (κ2) is 5.81. The lowest BCUT2D eigenvalue weighted by Gasteiger charge is -2.31. The summed E-state index contributed by atoms with van der Waals surface area (Å²) in [5.74, 6) is 1.48. The summed E-state index contributed by atoms with van der Waals surface area (Å²) in [5, 5.41) is 1.15. The summed E-state index contributed by atoms with van der Waals surface area (Å²) in [6, 6.07) is 10.2. The van der Waals surface area contributed by atoms with E-state index in [1.54, 1.807) is 11.3 Å². The van der Waals surface area contributed by atoms with E-state index in [2.05, 4.69) is 22.1 Å². The molecule has 1 fully saturated rings. The molecule has 0 unspecified atom stereocenters. The van der Waals surface area contributed by atoms with Gasteiger partial charge >= 0.3 is 0 Å². The van der Waals surface area contributed by atoms with Crippen LogP contribution in [-0.4, -0.2) is 33.9 Å². The zero-order chi connectivity index (χ0) is 15.8. The van der Waals surface area contributed by atoms with Crippen molar-refractivity contribution in [2.24, 2.45) is 0 Å². The predicted octanol–water partition coefficient (Wildman–Crippen LogP) is 3.95. The van der Waals surface area contributed by atoms with E-state index in [0.717, 1.165) is 47.7 Å². The van der Waals surface area contributed by atoms with Crippen molar-refractivity contribution in [2.75, 3.05) is 13.1 Å². The fourth-order valence-electron chi connectivity index (χ4n) is 3.27. The van der Waals surface area contributed by atoms with E-state index >= 15 is 0 Å². The average Bonchev–Trinajstić information content (AvgIpc) is 3.20. The summed E-state index contributed by atoms with van der Waals surface area (Å²) in [4.78, 5) is 23.4. The van der Waals surface area contributed by atoms with Crippen LogP contribution in [0.3, 0.4) is 0 Å². The van der Waals surface area contributed by atoms with Gasteiger partial charge in [-0.1, -0.05) is 18.2 Å². The highest BCUT2D eigenvalue weighted by Gasteiger charge is 2.27. The molecular formula is C18H19N3OS. The van der Waals surface area contributed by atoms with E-state index in [-0.39, 0.29) is 5.91 Å². The van der Waals surface area contributed by atoms with E-state index < -0.39 is 0 Å². The number of amides is 1. The van der Waals surface area contributed by atoms with Crippen molar-refractivity contribution < 1.29 is 4.79 Å². The Bertz CT molecular complexity index is 818. The minimum Gasteiger partial charge on any atom is -0.346 e. The third-order valence-corrected chi connectivity index (χ3v) is 5.56. The standard InChI is InChI=1S/C18H19N3OS/c1-12-10-19-17(20-12)14-6-4-8-21(11-14)18(22)16-9-13-5-2-3-7-15(13)23-16/h2-3,5,7,9-10,14H,4,6,8,11H2,1H3,(H,19,20)/t14-/m1/s1. The number of rotatable bonds is 2. The van der Waals surface area contributed by atoms with Crippen molar-refractivity contribution in [2.45, 2.75) is 25.7 Å². The summed E-state index contributed by atoms with van der Waals surface area (Å²) in [6.07, 6.45) is 3.98. The van der Waals surface area contributed by atoms with Gasteiger partial charge < -0.3 is 9.88 Å². The Kier molecular flexibility index (Phi) is 3.65. The number of aryl methyl sites for hydroxylation is 1. The van der Waals surface area contributed by atoms with Gasteiger partial charge in [0.05, 0.1) is 4.88 Å². The summed E-state index contributed by atoms with van der Waals surface area (Å²) in [7, 11) is 0. The molecule has 23 heavy (non-hydrogen) atoms. The number of fused-ring (bicyclic) bond motifs is 1. The summed E-state index contributed by atoms with van der Waals surface area (Å²) < 4.78 is 1.17. The highest BCUT2D eigenvalue weighted by molar-refractivity contribution is 7.20. The van der Waals surface area contributed by atoms with Gasteiger partial charge in [-0.2, -0.15) is 0 Å². The molecule has 3 heterocycles. The third-order valence-electron chi connectivity index (χ3n) is 4.45. The molecule has 1 saturated heterocycles. The van der Waals surface area contributed by atoms with Crippen molar-refractivity contribution in [3.63, 3.8) is 0 Å². The largest absolute Gasteiger partial charge is 0.346 e. The smallest absolute Gasteiger partial charge is 0.263 e. The lowest BCUT2D eigenvalue weighted by molar-refractivity contribution is 0.0710.